The van der Waals surface area contributed by atoms with Crippen LogP contribution in [0.4, 0.5) is 0 Å². The molecule has 0 aliphatic rings. The molecule has 2 rings (SSSR count). The fourth-order valence-corrected chi connectivity index (χ4v) is 2.41. The summed E-state index contributed by atoms with van der Waals surface area (Å²) in [5.74, 6) is 0.811. The van der Waals surface area contributed by atoms with Gasteiger partial charge in [0, 0.05) is 28.4 Å². The molecule has 0 bridgehead atoms. The van der Waals surface area contributed by atoms with Gasteiger partial charge in [-0.3, -0.25) is 4.68 Å². The number of nitrogens with zero attached hydrogens (tertiary/aromatic N) is 2. The highest BCUT2D eigenvalue weighted by Crippen LogP contribution is 2.24. The zero-order valence-corrected chi connectivity index (χ0v) is 12.2. The summed E-state index contributed by atoms with van der Waals surface area (Å²) in [5.41, 5.74) is 9.90. The predicted molar refractivity (Wildman–Crippen MR) is 76.7 cm³/mol. The van der Waals surface area contributed by atoms with Gasteiger partial charge in [0.15, 0.2) is 0 Å². The average Bonchev–Trinajstić information content (AvgIpc) is 2.64. The fraction of sp³-hybridized carbons (Fsp3) is 0.357. The smallest absolute Gasteiger partial charge is 0.124 e. The molecule has 0 radical (unpaired) electrons. The van der Waals surface area contributed by atoms with E-state index in [1.54, 1.807) is 7.11 Å². The Morgan fingerprint density at radius 3 is 2.68 bits per heavy atom. The molecule has 102 valence electrons. The van der Waals surface area contributed by atoms with Gasteiger partial charge in [0.25, 0.3) is 0 Å². The van der Waals surface area contributed by atoms with Crippen molar-refractivity contribution in [3.63, 3.8) is 0 Å². The van der Waals surface area contributed by atoms with E-state index in [4.69, 9.17) is 22.1 Å². The second-order valence-electron chi connectivity index (χ2n) is 4.47. The summed E-state index contributed by atoms with van der Waals surface area (Å²) >= 11 is 6.04. The first-order valence-corrected chi connectivity index (χ1v) is 6.50. The Morgan fingerprint density at radius 2 is 2.11 bits per heavy atom. The van der Waals surface area contributed by atoms with E-state index in [0.717, 1.165) is 28.3 Å². The number of benzene rings is 1. The summed E-state index contributed by atoms with van der Waals surface area (Å²) in [6.07, 6.45) is 0. The molecule has 0 fully saturated rings. The molecule has 0 aliphatic carbocycles. The van der Waals surface area contributed by atoms with Crippen LogP contribution in [0.1, 0.15) is 22.5 Å². The number of nitrogens with two attached hydrogens (primary N) is 1. The largest absolute Gasteiger partial charge is 0.496 e. The van der Waals surface area contributed by atoms with Gasteiger partial charge in [-0.2, -0.15) is 5.10 Å². The molecule has 0 saturated carbocycles. The van der Waals surface area contributed by atoms with Crippen molar-refractivity contribution < 1.29 is 4.74 Å². The second-order valence-corrected chi connectivity index (χ2v) is 4.90. The Balaban J connectivity index is 2.38. The number of methoxy groups -OCH3 is 1. The zero-order valence-electron chi connectivity index (χ0n) is 11.4. The molecule has 4 nitrogen and oxygen atoms in total. The van der Waals surface area contributed by atoms with Crippen LogP contribution >= 0.6 is 11.6 Å². The van der Waals surface area contributed by atoms with Crippen LogP contribution in [0.25, 0.3) is 0 Å². The lowest BCUT2D eigenvalue weighted by molar-refractivity contribution is 0.407. The third-order valence-corrected chi connectivity index (χ3v) is 3.53. The van der Waals surface area contributed by atoms with E-state index in [1.165, 1.54) is 0 Å². The Kier molecular flexibility index (Phi) is 4.12. The Hall–Kier alpha value is -1.52. The maximum atomic E-state index is 6.04. The van der Waals surface area contributed by atoms with E-state index >= 15 is 0 Å². The summed E-state index contributed by atoms with van der Waals surface area (Å²) in [6, 6.07) is 5.59. The van der Waals surface area contributed by atoms with Crippen molar-refractivity contribution >= 4 is 11.6 Å². The van der Waals surface area contributed by atoms with Crippen molar-refractivity contribution in [2.45, 2.75) is 26.9 Å². The Labute approximate surface area is 118 Å². The van der Waals surface area contributed by atoms with E-state index in [2.05, 4.69) is 5.10 Å². The maximum absolute atomic E-state index is 6.04. The van der Waals surface area contributed by atoms with Crippen LogP contribution in [0.5, 0.6) is 5.75 Å². The van der Waals surface area contributed by atoms with Crippen molar-refractivity contribution in [3.05, 3.63) is 45.7 Å². The summed E-state index contributed by atoms with van der Waals surface area (Å²) in [5, 5.41) is 5.21. The summed E-state index contributed by atoms with van der Waals surface area (Å²) in [4.78, 5) is 0. The van der Waals surface area contributed by atoms with Gasteiger partial charge in [0.05, 0.1) is 19.3 Å². The average molecular weight is 280 g/mol. The van der Waals surface area contributed by atoms with Crippen molar-refractivity contribution in [1.82, 2.24) is 9.78 Å². The minimum absolute atomic E-state index is 0.504. The van der Waals surface area contributed by atoms with Gasteiger partial charge in [-0.05, 0) is 32.0 Å². The van der Waals surface area contributed by atoms with E-state index in [9.17, 15) is 0 Å². The molecular formula is C14H18ClN3O. The topological polar surface area (TPSA) is 53.1 Å². The molecule has 0 spiro atoms. The molecule has 0 saturated heterocycles. The van der Waals surface area contributed by atoms with Gasteiger partial charge in [-0.25, -0.2) is 0 Å². The molecular weight excluding hydrogens is 262 g/mol. The van der Waals surface area contributed by atoms with E-state index in [1.807, 2.05) is 36.7 Å². The SMILES string of the molecule is COc1ccc(Cl)cc1Cn1nc(C)c(CN)c1C. The second kappa shape index (κ2) is 5.63. The fourth-order valence-electron chi connectivity index (χ4n) is 2.22. The van der Waals surface area contributed by atoms with Crippen LogP contribution in [0.3, 0.4) is 0 Å². The van der Waals surface area contributed by atoms with Crippen molar-refractivity contribution in [2.24, 2.45) is 5.73 Å². The molecule has 2 aromatic rings. The van der Waals surface area contributed by atoms with E-state index < -0.39 is 0 Å². The molecule has 1 aromatic carbocycles. The van der Waals surface area contributed by atoms with Gasteiger partial charge >= 0.3 is 0 Å². The highest BCUT2D eigenvalue weighted by Gasteiger charge is 2.12. The Morgan fingerprint density at radius 1 is 1.37 bits per heavy atom. The highest BCUT2D eigenvalue weighted by molar-refractivity contribution is 6.30. The number of halogens is 1. The van der Waals surface area contributed by atoms with Gasteiger partial charge in [-0.15, -0.1) is 0 Å². The number of aryl methyl sites for hydroxylation is 1. The summed E-state index contributed by atoms with van der Waals surface area (Å²) in [6.45, 7) is 5.13. The highest BCUT2D eigenvalue weighted by atomic mass is 35.5. The van der Waals surface area contributed by atoms with Crippen LogP contribution in [0.15, 0.2) is 18.2 Å². The van der Waals surface area contributed by atoms with Crippen LogP contribution in [0, 0.1) is 13.8 Å². The third-order valence-electron chi connectivity index (χ3n) is 3.30. The number of hydrogen-bond acceptors (Lipinski definition) is 3. The van der Waals surface area contributed by atoms with Crippen molar-refractivity contribution in [1.29, 1.82) is 0 Å². The quantitative estimate of drug-likeness (QED) is 0.936. The summed E-state index contributed by atoms with van der Waals surface area (Å²) in [7, 11) is 1.65. The van der Waals surface area contributed by atoms with Gasteiger partial charge in [-0.1, -0.05) is 11.6 Å². The molecule has 0 aliphatic heterocycles. The molecule has 0 unspecified atom stereocenters. The minimum atomic E-state index is 0.504. The number of ether oxygens (including phenoxy) is 1. The van der Waals surface area contributed by atoms with Crippen LogP contribution < -0.4 is 10.5 Å². The van der Waals surface area contributed by atoms with Crippen LogP contribution in [-0.2, 0) is 13.1 Å². The minimum Gasteiger partial charge on any atom is -0.496 e. The molecule has 1 heterocycles. The van der Waals surface area contributed by atoms with Crippen LogP contribution in [0.2, 0.25) is 5.02 Å². The normalized spacial score (nSPS) is 10.8. The number of aromatic nitrogens is 2. The van der Waals surface area contributed by atoms with E-state index in [0.29, 0.717) is 18.1 Å². The molecule has 5 heteroatoms. The van der Waals surface area contributed by atoms with Crippen molar-refractivity contribution in [3.8, 4) is 5.75 Å². The van der Waals surface area contributed by atoms with Crippen LogP contribution in [-0.4, -0.2) is 16.9 Å². The molecule has 2 N–H and O–H groups in total. The van der Waals surface area contributed by atoms with Crippen molar-refractivity contribution in [2.75, 3.05) is 7.11 Å². The monoisotopic (exact) mass is 279 g/mol. The van der Waals surface area contributed by atoms with E-state index in [-0.39, 0.29) is 0 Å². The standard InChI is InChI=1S/C14H18ClN3O/c1-9-13(7-16)10(2)18(17-9)8-11-6-12(15)4-5-14(11)19-3/h4-6H,7-8,16H2,1-3H3. The number of hydrogen-bond donors (Lipinski definition) is 1. The Bertz CT molecular complexity index is 593. The number of rotatable bonds is 4. The lowest BCUT2D eigenvalue weighted by Gasteiger charge is -2.10. The molecule has 0 atom stereocenters. The summed E-state index contributed by atoms with van der Waals surface area (Å²) < 4.78 is 7.29. The molecule has 1 aromatic heterocycles. The van der Waals surface area contributed by atoms with Gasteiger partial charge in [0.2, 0.25) is 0 Å². The zero-order chi connectivity index (χ0) is 14.0. The third kappa shape index (κ3) is 2.74. The first kappa shape index (κ1) is 13.9. The maximum Gasteiger partial charge on any atom is 0.124 e. The first-order chi connectivity index (χ1) is 9.06. The molecule has 0 amide bonds. The lowest BCUT2D eigenvalue weighted by atomic mass is 10.2. The van der Waals surface area contributed by atoms with Gasteiger partial charge < -0.3 is 10.5 Å². The first-order valence-electron chi connectivity index (χ1n) is 6.12. The predicted octanol–water partition coefficient (Wildman–Crippen LogP) is 2.67. The lowest BCUT2D eigenvalue weighted by Crippen LogP contribution is -2.06. The van der Waals surface area contributed by atoms with Gasteiger partial charge in [0.1, 0.15) is 5.75 Å². The molecule has 19 heavy (non-hydrogen) atoms.